The quantitative estimate of drug-likeness (QED) is 0.0147. The SMILES string of the molecule is CC/C=C\CC1OC1C/C=C\C/C=C\C/C=C\C/C=C\CCC(=O)O[C@H](COC(=O)CCCCCCCC/C=C\C/C=C\C/C=C\CCCCCC)COP(=O)([O-])OCC[N+](C)(C)C. The third-order valence-corrected chi connectivity index (χ3v) is 11.2. The normalized spacial score (nSPS) is 17.5. The van der Waals surface area contributed by atoms with Crippen molar-refractivity contribution >= 4 is 19.8 Å². The first-order valence-corrected chi connectivity index (χ1v) is 26.0. The largest absolute Gasteiger partial charge is 0.756 e. The van der Waals surface area contributed by atoms with Crippen LogP contribution in [0.3, 0.4) is 0 Å². The van der Waals surface area contributed by atoms with Gasteiger partial charge in [0.05, 0.1) is 40.0 Å². The first kappa shape index (κ1) is 58.9. The molecule has 64 heavy (non-hydrogen) atoms. The van der Waals surface area contributed by atoms with Gasteiger partial charge in [0.1, 0.15) is 19.8 Å². The highest BCUT2D eigenvalue weighted by Crippen LogP contribution is 2.38. The maximum absolute atomic E-state index is 12.7. The van der Waals surface area contributed by atoms with Crippen LogP contribution in [0.4, 0.5) is 0 Å². The second-order valence-corrected chi connectivity index (χ2v) is 18.9. The molecule has 0 bridgehead atoms. The standard InChI is InChI=1S/C53H88NO9P/c1-6-8-10-11-12-13-14-15-16-17-18-19-20-21-22-26-29-32-35-39-43-52(55)59-47-49(48-61-64(57,58)60-46-45-54(3,4)5)62-53(56)44-40-36-33-30-27-24-23-25-28-31-34-38-42-51-50(63-51)41-37-9-7-2/h9,13-14,16-17,19-20,24-25,27-28,33-34,36-38,49-51H,6-8,10-12,15,18,21-23,26,29-32,35,39-48H2,1-5H3/b14-13-,17-16-,20-19-,27-24-,28-25-,36-33-,37-9-,38-34-/t49-,50?,51?/m1/s1. The third-order valence-electron chi connectivity index (χ3n) is 10.3. The molecule has 1 aliphatic heterocycles. The number of ether oxygens (including phenoxy) is 3. The molecule has 1 rings (SSSR count). The molecule has 0 aromatic carbocycles. The average Bonchev–Trinajstić information content (AvgIpc) is 4.01. The zero-order valence-corrected chi connectivity index (χ0v) is 41.5. The van der Waals surface area contributed by atoms with Crippen LogP contribution < -0.4 is 4.89 Å². The highest BCUT2D eigenvalue weighted by atomic mass is 31.2. The van der Waals surface area contributed by atoms with Crippen LogP contribution in [0.5, 0.6) is 0 Å². The second-order valence-electron chi connectivity index (χ2n) is 17.5. The van der Waals surface area contributed by atoms with Gasteiger partial charge >= 0.3 is 11.9 Å². The molecule has 10 nitrogen and oxygen atoms in total. The molecule has 11 heteroatoms. The van der Waals surface area contributed by atoms with Gasteiger partial charge in [-0.2, -0.15) is 0 Å². The van der Waals surface area contributed by atoms with E-state index in [0.29, 0.717) is 36.1 Å². The number of quaternary nitrogens is 1. The number of nitrogens with zero attached hydrogens (tertiary/aromatic N) is 1. The topological polar surface area (TPSA) is 124 Å². The molecule has 1 aliphatic rings. The molecule has 3 unspecified atom stereocenters. The molecule has 0 aliphatic carbocycles. The summed E-state index contributed by atoms with van der Waals surface area (Å²) in [5.41, 5.74) is 0. The Morgan fingerprint density at radius 2 is 1.06 bits per heavy atom. The molecule has 0 aromatic heterocycles. The lowest BCUT2D eigenvalue weighted by Crippen LogP contribution is -2.37. The molecule has 0 aromatic rings. The van der Waals surface area contributed by atoms with Gasteiger partial charge in [0, 0.05) is 12.8 Å². The number of hydrogen-bond acceptors (Lipinski definition) is 9. The van der Waals surface area contributed by atoms with E-state index in [0.717, 1.165) is 89.9 Å². The molecular formula is C53H88NO9P. The summed E-state index contributed by atoms with van der Waals surface area (Å²) < 4.78 is 39.6. The predicted molar refractivity (Wildman–Crippen MR) is 263 cm³/mol. The van der Waals surface area contributed by atoms with E-state index in [1.54, 1.807) is 0 Å². The maximum atomic E-state index is 12.7. The van der Waals surface area contributed by atoms with Gasteiger partial charge in [-0.3, -0.25) is 14.2 Å². The monoisotopic (exact) mass is 914 g/mol. The van der Waals surface area contributed by atoms with E-state index in [-0.39, 0.29) is 26.1 Å². The number of carbonyl (C=O) groups excluding carboxylic acids is 2. The fourth-order valence-corrected chi connectivity index (χ4v) is 7.04. The minimum atomic E-state index is -4.66. The van der Waals surface area contributed by atoms with Crippen LogP contribution in [0.1, 0.15) is 162 Å². The highest BCUT2D eigenvalue weighted by molar-refractivity contribution is 7.45. The van der Waals surface area contributed by atoms with Gasteiger partial charge in [0.15, 0.2) is 6.10 Å². The van der Waals surface area contributed by atoms with Crippen molar-refractivity contribution in [3.8, 4) is 0 Å². The van der Waals surface area contributed by atoms with Gasteiger partial charge < -0.3 is 32.6 Å². The van der Waals surface area contributed by atoms with E-state index in [2.05, 4.69) is 98.9 Å². The molecule has 0 spiro atoms. The zero-order chi connectivity index (χ0) is 46.8. The van der Waals surface area contributed by atoms with Gasteiger partial charge in [0.2, 0.25) is 0 Å². The van der Waals surface area contributed by atoms with Crippen molar-refractivity contribution in [2.45, 2.75) is 180 Å². The number of phosphoric ester groups is 1. The molecule has 1 saturated heterocycles. The predicted octanol–water partition coefficient (Wildman–Crippen LogP) is 12.9. The summed E-state index contributed by atoms with van der Waals surface area (Å²) in [6.07, 6.45) is 56.3. The number of esters is 2. The number of unbranched alkanes of at least 4 members (excludes halogenated alkanes) is 10. The van der Waals surface area contributed by atoms with Gasteiger partial charge in [-0.1, -0.05) is 156 Å². The summed E-state index contributed by atoms with van der Waals surface area (Å²) in [6, 6.07) is 0. The number of carbonyl (C=O) groups is 2. The lowest BCUT2D eigenvalue weighted by atomic mass is 10.1. The van der Waals surface area contributed by atoms with Crippen LogP contribution in [0.2, 0.25) is 0 Å². The lowest BCUT2D eigenvalue weighted by Gasteiger charge is -2.28. The van der Waals surface area contributed by atoms with Gasteiger partial charge in [0.25, 0.3) is 7.82 Å². The summed E-state index contributed by atoms with van der Waals surface area (Å²) >= 11 is 0. The second kappa shape index (κ2) is 40.2. The Labute approximate surface area is 389 Å². The fourth-order valence-electron chi connectivity index (χ4n) is 6.32. The lowest BCUT2D eigenvalue weighted by molar-refractivity contribution is -0.870. The minimum absolute atomic E-state index is 0.0543. The van der Waals surface area contributed by atoms with Gasteiger partial charge in [-0.15, -0.1) is 0 Å². The Morgan fingerprint density at radius 1 is 0.578 bits per heavy atom. The Bertz CT molecular complexity index is 1470. The van der Waals surface area contributed by atoms with Crippen LogP contribution in [0, 0.1) is 0 Å². The van der Waals surface area contributed by atoms with E-state index >= 15 is 0 Å². The Balaban J connectivity index is 2.30. The van der Waals surface area contributed by atoms with E-state index in [4.69, 9.17) is 23.3 Å². The smallest absolute Gasteiger partial charge is 0.306 e. The molecular weight excluding hydrogens is 826 g/mol. The van der Waals surface area contributed by atoms with Crippen LogP contribution in [-0.4, -0.2) is 82.2 Å². The zero-order valence-electron chi connectivity index (χ0n) is 40.6. The number of allylic oxidation sites excluding steroid dienone is 14. The van der Waals surface area contributed by atoms with Crippen LogP contribution in [0.15, 0.2) is 97.2 Å². The number of rotatable bonds is 42. The highest BCUT2D eigenvalue weighted by Gasteiger charge is 2.36. The number of epoxide rings is 1. The Hall–Kier alpha value is -3.11. The molecule has 0 radical (unpaired) electrons. The molecule has 4 atom stereocenters. The molecule has 0 amide bonds. The van der Waals surface area contributed by atoms with Crippen molar-refractivity contribution in [3.63, 3.8) is 0 Å². The van der Waals surface area contributed by atoms with Gasteiger partial charge in [-0.25, -0.2) is 0 Å². The summed E-state index contributed by atoms with van der Waals surface area (Å²) in [6.45, 7) is 3.97. The molecule has 364 valence electrons. The minimum Gasteiger partial charge on any atom is -0.756 e. The van der Waals surface area contributed by atoms with Crippen LogP contribution in [0.25, 0.3) is 0 Å². The molecule has 1 fully saturated rings. The average molecular weight is 914 g/mol. The van der Waals surface area contributed by atoms with Crippen molar-refractivity contribution in [2.75, 3.05) is 47.5 Å². The first-order valence-electron chi connectivity index (χ1n) is 24.6. The summed E-state index contributed by atoms with van der Waals surface area (Å²) in [5, 5.41) is 0. The number of phosphoric acid groups is 1. The van der Waals surface area contributed by atoms with Crippen molar-refractivity contribution in [1.29, 1.82) is 0 Å². The van der Waals surface area contributed by atoms with Crippen LogP contribution >= 0.6 is 7.82 Å². The molecule has 0 N–H and O–H groups in total. The Kier molecular flexibility index (Phi) is 37.0. The van der Waals surface area contributed by atoms with Crippen molar-refractivity contribution in [3.05, 3.63) is 97.2 Å². The number of likely N-dealkylation sites (N-methyl/N-ethyl adjacent to an activating group) is 1. The van der Waals surface area contributed by atoms with Crippen LogP contribution in [-0.2, 0) is 37.4 Å². The summed E-state index contributed by atoms with van der Waals surface area (Å²) in [7, 11) is 1.09. The van der Waals surface area contributed by atoms with Gasteiger partial charge in [-0.05, 0) is 89.9 Å². The Morgan fingerprint density at radius 3 is 1.61 bits per heavy atom. The molecule has 0 saturated carbocycles. The number of hydrogen-bond donors (Lipinski definition) is 0. The van der Waals surface area contributed by atoms with E-state index in [1.165, 1.54) is 32.1 Å². The third kappa shape index (κ3) is 40.4. The van der Waals surface area contributed by atoms with E-state index in [1.807, 2.05) is 33.3 Å². The summed E-state index contributed by atoms with van der Waals surface area (Å²) in [5.74, 6) is -0.960. The summed E-state index contributed by atoms with van der Waals surface area (Å²) in [4.78, 5) is 37.7. The van der Waals surface area contributed by atoms with E-state index in [9.17, 15) is 19.0 Å². The maximum Gasteiger partial charge on any atom is 0.306 e. The van der Waals surface area contributed by atoms with E-state index < -0.39 is 32.5 Å². The molecule has 1 heterocycles. The fraction of sp³-hybridized carbons (Fsp3) is 0.660. The van der Waals surface area contributed by atoms with Crippen molar-refractivity contribution in [2.24, 2.45) is 0 Å². The van der Waals surface area contributed by atoms with Crippen molar-refractivity contribution < 1.29 is 46.8 Å². The van der Waals surface area contributed by atoms with Crippen molar-refractivity contribution in [1.82, 2.24) is 0 Å². The first-order chi connectivity index (χ1) is 31.0.